The summed E-state index contributed by atoms with van der Waals surface area (Å²) in [6.45, 7) is 1.47. The fraction of sp³-hybridized carbons (Fsp3) is 0.375. The molecule has 0 fully saturated rings. The maximum absolute atomic E-state index is 10.9. The monoisotopic (exact) mass is 150 g/mol. The van der Waals surface area contributed by atoms with Crippen molar-refractivity contribution in [2.75, 3.05) is 0 Å². The SMILES string of the molecule is BC1C=C(C(C)=O)C(O)=CC1. The molecule has 0 spiro atoms. The van der Waals surface area contributed by atoms with E-state index in [1.807, 2.05) is 13.9 Å². The summed E-state index contributed by atoms with van der Waals surface area (Å²) in [7, 11) is 2.02. The summed E-state index contributed by atoms with van der Waals surface area (Å²) in [6.07, 6.45) is 4.34. The molecule has 1 rings (SSSR count). The minimum absolute atomic E-state index is 0.0645. The fourth-order valence-electron chi connectivity index (χ4n) is 1.14. The summed E-state index contributed by atoms with van der Waals surface area (Å²) >= 11 is 0. The third kappa shape index (κ3) is 1.73. The van der Waals surface area contributed by atoms with Crippen LogP contribution in [0.15, 0.2) is 23.5 Å². The summed E-state index contributed by atoms with van der Waals surface area (Å²) in [5, 5.41) is 9.23. The van der Waals surface area contributed by atoms with Gasteiger partial charge in [0.1, 0.15) is 13.6 Å². The van der Waals surface area contributed by atoms with E-state index in [9.17, 15) is 9.90 Å². The summed E-state index contributed by atoms with van der Waals surface area (Å²) in [5.74, 6) is 0.436. The number of hydrogen-bond donors (Lipinski definition) is 1. The van der Waals surface area contributed by atoms with Gasteiger partial charge in [0, 0.05) is 0 Å². The standard InChI is InChI=1S/C8H11BO2/c1-5(10)7-4-6(9)2-3-8(7)11/h3-4,6,11H,2,9H2,1H3. The minimum atomic E-state index is -0.0645. The van der Waals surface area contributed by atoms with Gasteiger partial charge < -0.3 is 5.11 Å². The molecule has 0 saturated heterocycles. The van der Waals surface area contributed by atoms with Crippen molar-refractivity contribution in [3.63, 3.8) is 0 Å². The van der Waals surface area contributed by atoms with Gasteiger partial charge in [-0.15, -0.1) is 0 Å². The topological polar surface area (TPSA) is 37.3 Å². The van der Waals surface area contributed by atoms with E-state index < -0.39 is 0 Å². The van der Waals surface area contributed by atoms with E-state index in [4.69, 9.17) is 0 Å². The number of hydrogen-bond acceptors (Lipinski definition) is 2. The van der Waals surface area contributed by atoms with Gasteiger partial charge in [-0.1, -0.05) is 6.08 Å². The number of ketones is 1. The molecule has 11 heavy (non-hydrogen) atoms. The molecular formula is C8H11BO2. The average molecular weight is 150 g/mol. The van der Waals surface area contributed by atoms with Crippen LogP contribution in [0.4, 0.5) is 0 Å². The lowest BCUT2D eigenvalue weighted by molar-refractivity contribution is -0.113. The Bertz CT molecular complexity index is 240. The Labute approximate surface area is 67.0 Å². The number of carbonyl (C=O) groups is 1. The lowest BCUT2D eigenvalue weighted by Crippen LogP contribution is -2.06. The molecule has 1 aliphatic carbocycles. The van der Waals surface area contributed by atoms with Crippen molar-refractivity contribution in [3.05, 3.63) is 23.5 Å². The smallest absolute Gasteiger partial charge is 0.163 e. The molecule has 1 aliphatic rings. The van der Waals surface area contributed by atoms with Gasteiger partial charge in [0.05, 0.1) is 5.57 Å². The fourth-order valence-corrected chi connectivity index (χ4v) is 1.14. The first-order chi connectivity index (χ1) is 5.11. The minimum Gasteiger partial charge on any atom is -0.508 e. The molecule has 2 nitrogen and oxygen atoms in total. The van der Waals surface area contributed by atoms with Crippen LogP contribution in [0, 0.1) is 0 Å². The zero-order chi connectivity index (χ0) is 8.43. The summed E-state index contributed by atoms with van der Waals surface area (Å²) < 4.78 is 0. The largest absolute Gasteiger partial charge is 0.508 e. The average Bonchev–Trinajstić information content (AvgIpc) is 1.94. The highest BCUT2D eigenvalue weighted by Crippen LogP contribution is 2.23. The van der Waals surface area contributed by atoms with E-state index in [0.29, 0.717) is 11.4 Å². The predicted molar refractivity (Wildman–Crippen MR) is 46.4 cm³/mol. The van der Waals surface area contributed by atoms with Crippen LogP contribution in [0.3, 0.4) is 0 Å². The van der Waals surface area contributed by atoms with Crippen molar-refractivity contribution < 1.29 is 9.90 Å². The highest BCUT2D eigenvalue weighted by atomic mass is 16.3. The Kier molecular flexibility index (Phi) is 2.18. The van der Waals surface area contributed by atoms with E-state index in [2.05, 4.69) is 0 Å². The van der Waals surface area contributed by atoms with E-state index in [0.717, 1.165) is 6.42 Å². The molecule has 1 unspecified atom stereocenters. The second-order valence-electron chi connectivity index (χ2n) is 2.94. The Morgan fingerprint density at radius 3 is 2.91 bits per heavy atom. The zero-order valence-electron chi connectivity index (χ0n) is 6.79. The molecule has 0 aromatic carbocycles. The number of Topliss-reactive ketones (excluding diaryl/α,β-unsaturated/α-hetero) is 1. The number of aliphatic hydroxyl groups excluding tert-OH is 1. The Morgan fingerprint density at radius 2 is 2.45 bits per heavy atom. The Balaban J connectivity index is 2.90. The lowest BCUT2D eigenvalue weighted by Gasteiger charge is -2.12. The second kappa shape index (κ2) is 2.95. The third-order valence-electron chi connectivity index (χ3n) is 1.79. The molecule has 1 N–H and O–H groups in total. The second-order valence-corrected chi connectivity index (χ2v) is 2.94. The van der Waals surface area contributed by atoms with Crippen LogP contribution in [-0.2, 0) is 4.79 Å². The van der Waals surface area contributed by atoms with Crippen LogP contribution < -0.4 is 0 Å². The first-order valence-electron chi connectivity index (χ1n) is 3.73. The van der Waals surface area contributed by atoms with Crippen molar-refractivity contribution in [1.82, 2.24) is 0 Å². The molecule has 0 bridgehead atoms. The number of carbonyl (C=O) groups excluding carboxylic acids is 1. The van der Waals surface area contributed by atoms with Crippen LogP contribution in [0.2, 0.25) is 5.82 Å². The van der Waals surface area contributed by atoms with Crippen LogP contribution in [-0.4, -0.2) is 18.7 Å². The van der Waals surface area contributed by atoms with Gasteiger partial charge in [-0.3, -0.25) is 4.79 Å². The molecular weight excluding hydrogens is 139 g/mol. The molecule has 0 heterocycles. The molecule has 0 amide bonds. The maximum atomic E-state index is 10.9. The highest BCUT2D eigenvalue weighted by molar-refractivity contribution is 6.14. The van der Waals surface area contributed by atoms with Crippen molar-refractivity contribution in [2.24, 2.45) is 0 Å². The zero-order valence-corrected chi connectivity index (χ0v) is 6.79. The maximum Gasteiger partial charge on any atom is 0.163 e. The van der Waals surface area contributed by atoms with Gasteiger partial charge >= 0.3 is 0 Å². The van der Waals surface area contributed by atoms with Crippen LogP contribution in [0.25, 0.3) is 0 Å². The van der Waals surface area contributed by atoms with Crippen molar-refractivity contribution in [3.8, 4) is 0 Å². The summed E-state index contributed by atoms with van der Waals surface area (Å²) in [4.78, 5) is 10.9. The van der Waals surface area contributed by atoms with Crippen LogP contribution >= 0.6 is 0 Å². The van der Waals surface area contributed by atoms with E-state index in [1.165, 1.54) is 6.92 Å². The van der Waals surface area contributed by atoms with Gasteiger partial charge in [-0.25, -0.2) is 0 Å². The van der Waals surface area contributed by atoms with Gasteiger partial charge in [-0.2, -0.15) is 0 Å². The van der Waals surface area contributed by atoms with E-state index >= 15 is 0 Å². The van der Waals surface area contributed by atoms with Crippen molar-refractivity contribution >= 4 is 13.6 Å². The van der Waals surface area contributed by atoms with Crippen LogP contribution in [0.5, 0.6) is 0 Å². The molecule has 58 valence electrons. The van der Waals surface area contributed by atoms with Gasteiger partial charge in [0.15, 0.2) is 5.78 Å². The number of rotatable bonds is 1. The Morgan fingerprint density at radius 1 is 1.82 bits per heavy atom. The lowest BCUT2D eigenvalue weighted by atomic mass is 9.79. The molecule has 0 aliphatic heterocycles. The van der Waals surface area contributed by atoms with E-state index in [-0.39, 0.29) is 11.5 Å². The summed E-state index contributed by atoms with van der Waals surface area (Å²) in [6, 6.07) is 0. The number of allylic oxidation sites excluding steroid dienone is 3. The van der Waals surface area contributed by atoms with Gasteiger partial charge in [0.2, 0.25) is 0 Å². The molecule has 3 heteroatoms. The normalized spacial score (nSPS) is 23.9. The van der Waals surface area contributed by atoms with Crippen molar-refractivity contribution in [1.29, 1.82) is 0 Å². The summed E-state index contributed by atoms with van der Waals surface area (Å²) in [5.41, 5.74) is 0.462. The van der Waals surface area contributed by atoms with Crippen LogP contribution in [0.1, 0.15) is 13.3 Å². The van der Waals surface area contributed by atoms with Gasteiger partial charge in [-0.05, 0) is 25.2 Å². The quantitative estimate of drug-likeness (QED) is 0.560. The van der Waals surface area contributed by atoms with E-state index in [1.54, 1.807) is 6.08 Å². The molecule has 0 aromatic rings. The molecule has 0 saturated carbocycles. The van der Waals surface area contributed by atoms with Gasteiger partial charge in [0.25, 0.3) is 0 Å². The molecule has 1 atom stereocenters. The molecule has 0 radical (unpaired) electrons. The predicted octanol–water partition coefficient (Wildman–Crippen LogP) is 0.769. The first kappa shape index (κ1) is 8.11. The van der Waals surface area contributed by atoms with Crippen molar-refractivity contribution in [2.45, 2.75) is 19.2 Å². The first-order valence-corrected chi connectivity index (χ1v) is 3.73. The highest BCUT2D eigenvalue weighted by Gasteiger charge is 2.14. The molecule has 0 aromatic heterocycles. The third-order valence-corrected chi connectivity index (χ3v) is 1.79. The Hall–Kier alpha value is -0.985. The number of aliphatic hydroxyl groups is 1.